The van der Waals surface area contributed by atoms with Crippen molar-refractivity contribution in [1.29, 1.82) is 10.5 Å². The number of nitriles is 2. The molecule has 2 heterocycles. The first-order valence-corrected chi connectivity index (χ1v) is 8.64. The van der Waals surface area contributed by atoms with Gasteiger partial charge < -0.3 is 4.42 Å². The van der Waals surface area contributed by atoms with E-state index in [9.17, 15) is 5.26 Å². The van der Waals surface area contributed by atoms with Crippen LogP contribution in [-0.4, -0.2) is 9.97 Å². The van der Waals surface area contributed by atoms with Crippen molar-refractivity contribution >= 4 is 0 Å². The highest BCUT2D eigenvalue weighted by Crippen LogP contribution is 2.36. The van der Waals surface area contributed by atoms with E-state index in [0.717, 1.165) is 22.5 Å². The average molecular weight is 362 g/mol. The second kappa shape index (κ2) is 7.57. The molecule has 0 bridgehead atoms. The summed E-state index contributed by atoms with van der Waals surface area (Å²) in [6.07, 6.45) is 4.88. The highest BCUT2D eigenvalue weighted by molar-refractivity contribution is 5.58. The molecule has 4 rings (SSSR count). The largest absolute Gasteiger partial charge is 0.460 e. The lowest BCUT2D eigenvalue weighted by molar-refractivity contribution is 0.515. The van der Waals surface area contributed by atoms with Crippen LogP contribution in [0.25, 0.3) is 11.3 Å². The minimum absolute atomic E-state index is 0.360. The summed E-state index contributed by atoms with van der Waals surface area (Å²) in [6, 6.07) is 23.0. The van der Waals surface area contributed by atoms with Crippen molar-refractivity contribution in [2.24, 2.45) is 0 Å². The van der Waals surface area contributed by atoms with Gasteiger partial charge in [0.2, 0.25) is 0 Å². The van der Waals surface area contributed by atoms with Gasteiger partial charge in [-0.15, -0.1) is 0 Å². The lowest BCUT2D eigenvalue weighted by atomic mass is 9.87. The monoisotopic (exact) mass is 362 g/mol. The van der Waals surface area contributed by atoms with Crippen LogP contribution in [0.5, 0.6) is 0 Å². The van der Waals surface area contributed by atoms with Gasteiger partial charge in [-0.3, -0.25) is 0 Å². The van der Waals surface area contributed by atoms with Crippen molar-refractivity contribution in [2.75, 3.05) is 0 Å². The SMILES string of the molecule is N#Cc1ccc(C(c2cncnc2)c2ccc(-c3ccccc3)o2)c(C#N)c1. The third-order valence-corrected chi connectivity index (χ3v) is 4.50. The Balaban J connectivity index is 1.86. The van der Waals surface area contributed by atoms with Crippen LogP contribution < -0.4 is 0 Å². The molecule has 5 heteroatoms. The third kappa shape index (κ3) is 3.25. The summed E-state index contributed by atoms with van der Waals surface area (Å²) in [5.74, 6) is 1.06. The Kier molecular flexibility index (Phi) is 4.65. The number of nitrogens with zero attached hydrogens (tertiary/aromatic N) is 4. The average Bonchev–Trinajstić information content (AvgIpc) is 3.25. The number of furan rings is 1. The number of hydrogen-bond donors (Lipinski definition) is 0. The van der Waals surface area contributed by atoms with Crippen LogP contribution in [0.1, 0.15) is 33.9 Å². The standard InChI is InChI=1S/C23H14N4O/c24-11-16-6-7-20(18(10-16)12-25)23(19-13-26-15-27-14-19)22-9-8-21(28-22)17-4-2-1-3-5-17/h1-10,13-15,23H. The predicted molar refractivity (Wildman–Crippen MR) is 103 cm³/mol. The van der Waals surface area contributed by atoms with Crippen LogP contribution in [0, 0.1) is 22.7 Å². The summed E-state index contributed by atoms with van der Waals surface area (Å²) in [5, 5.41) is 18.8. The summed E-state index contributed by atoms with van der Waals surface area (Å²) in [5.41, 5.74) is 3.37. The predicted octanol–water partition coefficient (Wildman–Crippen LogP) is 4.66. The van der Waals surface area contributed by atoms with Gasteiger partial charge in [0.05, 0.1) is 29.2 Å². The first kappa shape index (κ1) is 17.2. The summed E-state index contributed by atoms with van der Waals surface area (Å²) in [4.78, 5) is 8.25. The minimum atomic E-state index is -0.360. The number of hydrogen-bond acceptors (Lipinski definition) is 5. The molecule has 5 nitrogen and oxygen atoms in total. The Morgan fingerprint density at radius 1 is 0.857 bits per heavy atom. The normalized spacial score (nSPS) is 11.4. The molecule has 4 aromatic rings. The first-order chi connectivity index (χ1) is 13.8. The van der Waals surface area contributed by atoms with Gasteiger partial charge in [0.15, 0.2) is 0 Å². The third-order valence-electron chi connectivity index (χ3n) is 4.50. The van der Waals surface area contributed by atoms with Crippen molar-refractivity contribution in [3.63, 3.8) is 0 Å². The highest BCUT2D eigenvalue weighted by Gasteiger charge is 2.24. The zero-order valence-electron chi connectivity index (χ0n) is 14.8. The number of rotatable bonds is 4. The number of benzene rings is 2. The topological polar surface area (TPSA) is 86.5 Å². The molecular weight excluding hydrogens is 348 g/mol. The van der Waals surface area contributed by atoms with E-state index < -0.39 is 0 Å². The van der Waals surface area contributed by atoms with Crippen molar-refractivity contribution < 1.29 is 4.42 Å². The fourth-order valence-electron chi connectivity index (χ4n) is 3.20. The Hall–Kier alpha value is -4.22. The van der Waals surface area contributed by atoms with Crippen molar-refractivity contribution in [1.82, 2.24) is 9.97 Å². The molecule has 0 radical (unpaired) electrons. The van der Waals surface area contributed by atoms with Crippen LogP contribution in [0.3, 0.4) is 0 Å². The smallest absolute Gasteiger partial charge is 0.134 e. The Morgan fingerprint density at radius 2 is 1.64 bits per heavy atom. The molecule has 2 aromatic carbocycles. The van der Waals surface area contributed by atoms with Crippen molar-refractivity contribution in [3.8, 4) is 23.5 Å². The van der Waals surface area contributed by atoms with E-state index in [4.69, 9.17) is 9.68 Å². The van der Waals surface area contributed by atoms with E-state index >= 15 is 0 Å². The van der Waals surface area contributed by atoms with E-state index in [1.54, 1.807) is 30.6 Å². The van der Waals surface area contributed by atoms with Crippen LogP contribution in [0.2, 0.25) is 0 Å². The molecule has 0 saturated heterocycles. The van der Waals surface area contributed by atoms with Crippen LogP contribution in [-0.2, 0) is 0 Å². The first-order valence-electron chi connectivity index (χ1n) is 8.64. The van der Waals surface area contributed by atoms with Crippen LogP contribution in [0.15, 0.2) is 83.8 Å². The van der Waals surface area contributed by atoms with Gasteiger partial charge >= 0.3 is 0 Å². The minimum Gasteiger partial charge on any atom is -0.460 e. The van der Waals surface area contributed by atoms with Gasteiger partial charge in [-0.1, -0.05) is 36.4 Å². The quantitative estimate of drug-likeness (QED) is 0.527. The summed E-state index contributed by atoms with van der Waals surface area (Å²) in [6.45, 7) is 0. The molecule has 0 spiro atoms. The summed E-state index contributed by atoms with van der Waals surface area (Å²) >= 11 is 0. The molecular formula is C23H14N4O. The zero-order chi connectivity index (χ0) is 19.3. The van der Waals surface area contributed by atoms with E-state index in [-0.39, 0.29) is 5.92 Å². The second-order valence-corrected chi connectivity index (χ2v) is 6.20. The molecule has 0 aliphatic rings. The molecule has 0 aliphatic carbocycles. The Bertz CT molecular complexity index is 1180. The lowest BCUT2D eigenvalue weighted by Gasteiger charge is -2.16. The molecule has 0 amide bonds. The maximum absolute atomic E-state index is 9.64. The Morgan fingerprint density at radius 3 is 2.36 bits per heavy atom. The van der Waals surface area contributed by atoms with E-state index in [1.165, 1.54) is 6.33 Å². The molecule has 132 valence electrons. The van der Waals surface area contributed by atoms with Gasteiger partial charge in [0.1, 0.15) is 17.8 Å². The molecule has 0 N–H and O–H groups in total. The van der Waals surface area contributed by atoms with E-state index in [0.29, 0.717) is 16.9 Å². The zero-order valence-corrected chi connectivity index (χ0v) is 14.8. The molecule has 0 fully saturated rings. The maximum Gasteiger partial charge on any atom is 0.134 e. The molecule has 2 aromatic heterocycles. The van der Waals surface area contributed by atoms with Crippen molar-refractivity contribution in [2.45, 2.75) is 5.92 Å². The summed E-state index contributed by atoms with van der Waals surface area (Å²) in [7, 11) is 0. The number of aromatic nitrogens is 2. The molecule has 1 atom stereocenters. The molecule has 1 unspecified atom stereocenters. The molecule has 0 aliphatic heterocycles. The second-order valence-electron chi connectivity index (χ2n) is 6.20. The summed E-state index contributed by atoms with van der Waals surface area (Å²) < 4.78 is 6.17. The maximum atomic E-state index is 9.64. The molecule has 28 heavy (non-hydrogen) atoms. The lowest BCUT2D eigenvalue weighted by Crippen LogP contribution is -2.06. The van der Waals surface area contributed by atoms with E-state index in [1.807, 2.05) is 42.5 Å². The van der Waals surface area contributed by atoms with Crippen LogP contribution in [0.4, 0.5) is 0 Å². The van der Waals surface area contributed by atoms with Gasteiger partial charge in [-0.2, -0.15) is 10.5 Å². The van der Waals surface area contributed by atoms with Crippen molar-refractivity contribution in [3.05, 3.63) is 107 Å². The fourth-order valence-corrected chi connectivity index (χ4v) is 3.20. The van der Waals surface area contributed by atoms with Gasteiger partial charge in [0.25, 0.3) is 0 Å². The fraction of sp³-hybridized carbons (Fsp3) is 0.0435. The van der Waals surface area contributed by atoms with E-state index in [2.05, 4.69) is 22.1 Å². The van der Waals surface area contributed by atoms with Gasteiger partial charge in [-0.05, 0) is 29.8 Å². The van der Waals surface area contributed by atoms with Gasteiger partial charge in [-0.25, -0.2) is 9.97 Å². The molecule has 0 saturated carbocycles. The van der Waals surface area contributed by atoms with Crippen LogP contribution >= 0.6 is 0 Å². The van der Waals surface area contributed by atoms with Gasteiger partial charge in [0, 0.05) is 23.5 Å². The Labute approximate surface area is 162 Å². The highest BCUT2D eigenvalue weighted by atomic mass is 16.3.